The summed E-state index contributed by atoms with van der Waals surface area (Å²) in [5, 5.41) is 10.5. The molecule has 1 rings (SSSR count). The van der Waals surface area contributed by atoms with Crippen LogP contribution in [0.2, 0.25) is 0 Å². The second-order valence-electron chi connectivity index (χ2n) is 10.8. The van der Waals surface area contributed by atoms with E-state index >= 15 is 0 Å². The van der Waals surface area contributed by atoms with Crippen molar-refractivity contribution in [1.82, 2.24) is 30.8 Å². The zero-order valence-electron chi connectivity index (χ0n) is 23.8. The molecule has 1 aliphatic rings. The number of nitrogens with zero attached hydrogens (tertiary/aromatic N) is 2. The van der Waals surface area contributed by atoms with Crippen LogP contribution in [-0.2, 0) is 28.8 Å². The first kappa shape index (κ1) is 33.2. The van der Waals surface area contributed by atoms with Gasteiger partial charge in [-0.15, -0.1) is 0 Å². The molecule has 4 N–H and O–H groups in total. The largest absolute Gasteiger partial charge is 0.406 e. The Hall–Kier alpha value is -2.83. The van der Waals surface area contributed by atoms with Crippen LogP contribution >= 0.6 is 0 Å². The Balaban J connectivity index is 2.68. The summed E-state index contributed by atoms with van der Waals surface area (Å²) in [7, 11) is 4.49. The number of carbonyl (C=O) groups is 6. The van der Waals surface area contributed by atoms with E-state index in [0.717, 1.165) is 12.8 Å². The first-order valence-electron chi connectivity index (χ1n) is 13.3. The molecule has 2 atom stereocenters. The number of unbranched alkanes of at least 4 members (excludes halogenated alkanes) is 2. The summed E-state index contributed by atoms with van der Waals surface area (Å²) in [6, 6.07) is 0. The number of piperidine rings is 1. The van der Waals surface area contributed by atoms with Crippen LogP contribution in [0.5, 0.6) is 0 Å². The van der Waals surface area contributed by atoms with Crippen LogP contribution in [0.25, 0.3) is 0 Å². The molecule has 0 aliphatic carbocycles. The molecular weight excluding hydrogens is 489 g/mol. The third-order valence-corrected chi connectivity index (χ3v) is 6.65. The van der Waals surface area contributed by atoms with Crippen molar-refractivity contribution in [3.05, 3.63) is 0 Å². The Bertz CT molecular complexity index is 845. The van der Waals surface area contributed by atoms with Gasteiger partial charge in [0.1, 0.15) is 5.78 Å². The molecule has 1 heterocycles. The number of ketones is 1. The van der Waals surface area contributed by atoms with Gasteiger partial charge in [-0.2, -0.15) is 0 Å². The summed E-state index contributed by atoms with van der Waals surface area (Å²) in [6.07, 6.45) is 3.12. The van der Waals surface area contributed by atoms with Crippen LogP contribution in [0.3, 0.4) is 0 Å². The van der Waals surface area contributed by atoms with Crippen LogP contribution in [0, 0.1) is 17.3 Å². The van der Waals surface area contributed by atoms with E-state index in [1.165, 1.54) is 33.7 Å². The second kappa shape index (κ2) is 16.2. The van der Waals surface area contributed by atoms with Crippen LogP contribution in [0.4, 0.5) is 0 Å². The Labute approximate surface area is 228 Å². The predicted octanol–water partition coefficient (Wildman–Crippen LogP) is -3.96. The lowest BCUT2D eigenvalue weighted by atomic mass is 9.87. The Kier molecular flexibility index (Phi) is 14.2. The molecule has 1 saturated heterocycles. The molecule has 15 heteroatoms. The van der Waals surface area contributed by atoms with Crippen molar-refractivity contribution in [3.63, 3.8) is 0 Å². The van der Waals surface area contributed by atoms with Crippen LogP contribution in [0.15, 0.2) is 0 Å². The van der Waals surface area contributed by atoms with Crippen molar-refractivity contribution in [3.8, 4) is 0 Å². The summed E-state index contributed by atoms with van der Waals surface area (Å²) in [4.78, 5) is 77.2. The van der Waals surface area contributed by atoms with Crippen LogP contribution < -0.4 is 21.0 Å². The van der Waals surface area contributed by atoms with E-state index < -0.39 is 11.8 Å². The minimum atomic E-state index is -0.533. The summed E-state index contributed by atoms with van der Waals surface area (Å²) in [6.45, 7) is 5.91. The highest BCUT2D eigenvalue weighted by molar-refractivity contribution is 6.16. The lowest BCUT2D eigenvalue weighted by molar-refractivity contribution is -0.140. The highest BCUT2D eigenvalue weighted by Crippen LogP contribution is 2.23. The molecule has 38 heavy (non-hydrogen) atoms. The Morgan fingerprint density at radius 1 is 0.789 bits per heavy atom. The van der Waals surface area contributed by atoms with Gasteiger partial charge in [-0.05, 0) is 19.3 Å². The number of amides is 5. The number of rotatable bonds is 14. The smallest absolute Gasteiger partial charge is 0.236 e. The molecule has 1 fully saturated rings. The highest BCUT2D eigenvalue weighted by atomic mass is 16.2. The van der Waals surface area contributed by atoms with Gasteiger partial charge in [-0.25, -0.2) is 0 Å². The minimum Gasteiger partial charge on any atom is -0.406 e. The van der Waals surface area contributed by atoms with E-state index in [1.54, 1.807) is 0 Å². The second-order valence-corrected chi connectivity index (χ2v) is 10.8. The van der Waals surface area contributed by atoms with Gasteiger partial charge in [0, 0.05) is 31.5 Å². The first-order chi connectivity index (χ1) is 17.8. The van der Waals surface area contributed by atoms with Crippen molar-refractivity contribution in [2.75, 3.05) is 39.3 Å². The zero-order valence-corrected chi connectivity index (χ0v) is 23.8. The van der Waals surface area contributed by atoms with Gasteiger partial charge in [-0.1, -0.05) is 27.2 Å². The fraction of sp³-hybridized carbons (Fsp3) is 0.739. The van der Waals surface area contributed by atoms with Crippen molar-refractivity contribution in [1.29, 1.82) is 0 Å². The third kappa shape index (κ3) is 11.7. The average molecular weight is 532 g/mol. The first-order valence-corrected chi connectivity index (χ1v) is 13.3. The molecule has 2 unspecified atom stereocenters. The lowest BCUT2D eigenvalue weighted by Crippen LogP contribution is -2.54. The Morgan fingerprint density at radius 2 is 1.34 bits per heavy atom. The normalized spacial score (nSPS) is 17.4. The molecule has 12 nitrogen and oxygen atoms in total. The number of Topliss-reactive ketones (excluding diaryl/α,β-unsaturated/α-hetero) is 1. The van der Waals surface area contributed by atoms with Gasteiger partial charge in [0.05, 0.1) is 31.5 Å². The van der Waals surface area contributed by atoms with E-state index in [4.69, 9.17) is 0 Å². The highest BCUT2D eigenvalue weighted by Gasteiger charge is 2.36. The summed E-state index contributed by atoms with van der Waals surface area (Å²) >= 11 is 0. The van der Waals surface area contributed by atoms with Gasteiger partial charge in [0.2, 0.25) is 53.5 Å². The number of hydrogen-bond acceptors (Lipinski definition) is 7. The van der Waals surface area contributed by atoms with Gasteiger partial charge >= 0.3 is 0 Å². The fourth-order valence-corrected chi connectivity index (χ4v) is 4.28. The Morgan fingerprint density at radius 3 is 1.84 bits per heavy atom. The maximum atomic E-state index is 13.2. The maximum absolute atomic E-state index is 13.2. The van der Waals surface area contributed by atoms with Gasteiger partial charge in [0.25, 0.3) is 0 Å². The molecule has 1 aliphatic heterocycles. The fourth-order valence-electron chi connectivity index (χ4n) is 4.28. The quantitative estimate of drug-likeness (QED) is 0.131. The van der Waals surface area contributed by atoms with Gasteiger partial charge in [0.15, 0.2) is 0 Å². The molecule has 0 aromatic rings. The molecule has 0 aromatic heterocycles. The third-order valence-electron chi connectivity index (χ3n) is 6.65. The van der Waals surface area contributed by atoms with E-state index in [2.05, 4.69) is 21.0 Å². The van der Waals surface area contributed by atoms with Crippen molar-refractivity contribution >= 4 is 59.3 Å². The number of nitrogens with one attached hydrogen (secondary N) is 4. The summed E-state index contributed by atoms with van der Waals surface area (Å²) in [5.41, 5.74) is -0.346. The molecule has 0 bridgehead atoms. The number of likely N-dealkylation sites (tertiary alicyclic amines) is 1. The lowest BCUT2D eigenvalue weighted by Gasteiger charge is -2.37. The number of carbonyl (C=O) groups excluding carboxylic acids is 6. The molecular formula is C23H43B3N6O6. The minimum absolute atomic E-state index is 0.156. The SMILES string of the molecule is BNC(=O)CN(CC(=O)NCCCCCC(=O)C(C)(C)C)CC(=O)N1CC(C(=O)NB)CC(C(=O)NB)C1. The number of hydrogen-bond donors (Lipinski definition) is 4. The predicted molar refractivity (Wildman–Crippen MR) is 151 cm³/mol. The molecule has 5 amide bonds. The van der Waals surface area contributed by atoms with Gasteiger partial charge < -0.3 is 25.9 Å². The summed E-state index contributed by atoms with van der Waals surface area (Å²) < 4.78 is 0. The van der Waals surface area contributed by atoms with E-state index in [9.17, 15) is 28.8 Å². The monoisotopic (exact) mass is 532 g/mol. The van der Waals surface area contributed by atoms with Crippen LogP contribution in [-0.4, -0.2) is 108 Å². The van der Waals surface area contributed by atoms with Crippen molar-refractivity contribution in [2.24, 2.45) is 17.3 Å². The van der Waals surface area contributed by atoms with E-state index in [1.807, 2.05) is 20.8 Å². The summed E-state index contributed by atoms with van der Waals surface area (Å²) in [5.74, 6) is -2.39. The van der Waals surface area contributed by atoms with Crippen molar-refractivity contribution in [2.45, 2.75) is 52.9 Å². The van der Waals surface area contributed by atoms with E-state index in [-0.39, 0.29) is 73.5 Å². The molecule has 0 spiro atoms. The van der Waals surface area contributed by atoms with E-state index in [0.29, 0.717) is 25.8 Å². The average Bonchev–Trinajstić information content (AvgIpc) is 2.88. The molecule has 0 radical (unpaired) electrons. The molecule has 0 saturated carbocycles. The molecule has 210 valence electrons. The maximum Gasteiger partial charge on any atom is 0.236 e. The van der Waals surface area contributed by atoms with Gasteiger partial charge in [-0.3, -0.25) is 33.7 Å². The zero-order chi connectivity index (χ0) is 28.9. The van der Waals surface area contributed by atoms with Crippen molar-refractivity contribution < 1.29 is 28.8 Å². The molecule has 0 aromatic carbocycles. The van der Waals surface area contributed by atoms with Crippen LogP contribution in [0.1, 0.15) is 52.9 Å². The standard InChI is InChI=1S/C23H43B3N6O6/c1-23(2,3)17(33)7-5-4-6-8-27-18(34)12-31(13-19(35)28-24)14-20(36)32-10-15(21(37)29-25)9-16(11-32)22(38)30-26/h15-16H,4-14,24-26H2,1-3H3,(H,27,34)(H,28,35)(H,29,37)(H,30,38). The topological polar surface area (TPSA) is 157 Å².